The zero-order valence-corrected chi connectivity index (χ0v) is 13.2. The summed E-state index contributed by atoms with van der Waals surface area (Å²) in [5.74, 6) is 1.71. The van der Waals surface area contributed by atoms with E-state index in [1.54, 1.807) is 14.2 Å². The fourth-order valence-electron chi connectivity index (χ4n) is 3.72. The van der Waals surface area contributed by atoms with Crippen LogP contribution in [-0.2, 0) is 5.41 Å². The minimum atomic E-state index is 0.118. The van der Waals surface area contributed by atoms with Crippen molar-refractivity contribution < 1.29 is 9.47 Å². The van der Waals surface area contributed by atoms with Crippen molar-refractivity contribution >= 4 is 0 Å². The number of nitrogens with two attached hydrogens (primary N) is 1. The third-order valence-corrected chi connectivity index (χ3v) is 4.85. The van der Waals surface area contributed by atoms with Gasteiger partial charge in [0.05, 0.1) is 14.2 Å². The van der Waals surface area contributed by atoms with E-state index in [-0.39, 0.29) is 5.41 Å². The molecule has 0 amide bonds. The Balaban J connectivity index is 2.58. The van der Waals surface area contributed by atoms with E-state index in [4.69, 9.17) is 15.2 Å². The largest absolute Gasteiger partial charge is 0.493 e. The second-order valence-electron chi connectivity index (χ2n) is 5.98. The Kier molecular flexibility index (Phi) is 4.59. The SMILES string of the molecule is COc1c(C)cc(C2(CN)CCCCC2)c(C)c1OC. The van der Waals surface area contributed by atoms with Crippen LogP contribution in [0.4, 0.5) is 0 Å². The average molecular weight is 277 g/mol. The van der Waals surface area contributed by atoms with Gasteiger partial charge in [-0.05, 0) is 43.4 Å². The third-order valence-electron chi connectivity index (χ3n) is 4.85. The Morgan fingerprint density at radius 2 is 1.65 bits per heavy atom. The molecule has 0 unspecified atom stereocenters. The Labute approximate surface area is 122 Å². The Morgan fingerprint density at radius 3 is 2.15 bits per heavy atom. The van der Waals surface area contributed by atoms with E-state index in [0.29, 0.717) is 6.54 Å². The summed E-state index contributed by atoms with van der Waals surface area (Å²) in [5.41, 5.74) is 9.96. The second-order valence-corrected chi connectivity index (χ2v) is 5.98. The van der Waals surface area contributed by atoms with Crippen LogP contribution in [0.3, 0.4) is 0 Å². The quantitative estimate of drug-likeness (QED) is 0.916. The van der Waals surface area contributed by atoms with Gasteiger partial charge in [-0.1, -0.05) is 25.3 Å². The lowest BCUT2D eigenvalue weighted by molar-refractivity contribution is 0.295. The maximum Gasteiger partial charge on any atom is 0.164 e. The van der Waals surface area contributed by atoms with E-state index in [1.165, 1.54) is 43.2 Å². The maximum atomic E-state index is 6.18. The van der Waals surface area contributed by atoms with Crippen LogP contribution >= 0.6 is 0 Å². The normalized spacial score (nSPS) is 17.9. The summed E-state index contributed by atoms with van der Waals surface area (Å²) in [6.45, 7) is 4.92. The minimum Gasteiger partial charge on any atom is -0.493 e. The zero-order valence-electron chi connectivity index (χ0n) is 13.2. The van der Waals surface area contributed by atoms with Crippen LogP contribution in [0.2, 0.25) is 0 Å². The first-order valence-corrected chi connectivity index (χ1v) is 7.52. The lowest BCUT2D eigenvalue weighted by Crippen LogP contribution is -2.38. The van der Waals surface area contributed by atoms with E-state index in [1.807, 2.05) is 0 Å². The highest BCUT2D eigenvalue weighted by atomic mass is 16.5. The summed E-state index contributed by atoms with van der Waals surface area (Å²) < 4.78 is 11.1. The topological polar surface area (TPSA) is 44.5 Å². The Hall–Kier alpha value is -1.22. The third kappa shape index (κ3) is 2.39. The van der Waals surface area contributed by atoms with Gasteiger partial charge in [0.15, 0.2) is 11.5 Å². The summed E-state index contributed by atoms with van der Waals surface area (Å²) >= 11 is 0. The number of methoxy groups -OCH3 is 2. The molecule has 1 aliphatic rings. The summed E-state index contributed by atoms with van der Waals surface area (Å²) in [4.78, 5) is 0. The summed E-state index contributed by atoms with van der Waals surface area (Å²) in [6.07, 6.45) is 6.22. The number of rotatable bonds is 4. The molecule has 0 heterocycles. The summed E-state index contributed by atoms with van der Waals surface area (Å²) in [6, 6.07) is 2.26. The van der Waals surface area contributed by atoms with E-state index in [0.717, 1.165) is 17.1 Å². The van der Waals surface area contributed by atoms with Crippen molar-refractivity contribution in [3.05, 3.63) is 22.8 Å². The van der Waals surface area contributed by atoms with Crippen molar-refractivity contribution in [1.29, 1.82) is 0 Å². The second kappa shape index (κ2) is 6.04. The molecule has 1 fully saturated rings. The number of ether oxygens (including phenoxy) is 2. The molecule has 1 aliphatic carbocycles. The summed E-state index contributed by atoms with van der Waals surface area (Å²) in [5, 5.41) is 0. The van der Waals surface area contributed by atoms with Crippen molar-refractivity contribution in [2.75, 3.05) is 20.8 Å². The predicted molar refractivity (Wildman–Crippen MR) is 82.8 cm³/mol. The maximum absolute atomic E-state index is 6.18. The van der Waals surface area contributed by atoms with Gasteiger partial charge in [0, 0.05) is 12.0 Å². The Morgan fingerprint density at radius 1 is 1.05 bits per heavy atom. The number of hydrogen-bond acceptors (Lipinski definition) is 3. The van der Waals surface area contributed by atoms with E-state index >= 15 is 0 Å². The predicted octanol–water partition coefficient (Wildman–Crippen LogP) is 3.48. The molecule has 0 spiro atoms. The monoisotopic (exact) mass is 277 g/mol. The molecule has 3 heteroatoms. The molecule has 1 aromatic carbocycles. The molecule has 2 rings (SSSR count). The van der Waals surface area contributed by atoms with Crippen molar-refractivity contribution in [3.8, 4) is 11.5 Å². The highest BCUT2D eigenvalue weighted by molar-refractivity contribution is 5.56. The Bertz CT molecular complexity index is 476. The number of aryl methyl sites for hydroxylation is 1. The number of benzene rings is 1. The van der Waals surface area contributed by atoms with Gasteiger partial charge in [0.25, 0.3) is 0 Å². The van der Waals surface area contributed by atoms with Crippen LogP contribution < -0.4 is 15.2 Å². The molecule has 0 bridgehead atoms. The zero-order chi connectivity index (χ0) is 14.8. The molecule has 0 aliphatic heterocycles. The molecule has 0 saturated heterocycles. The van der Waals surface area contributed by atoms with Crippen LogP contribution in [-0.4, -0.2) is 20.8 Å². The molecule has 1 aromatic rings. The lowest BCUT2D eigenvalue weighted by atomic mass is 9.68. The highest BCUT2D eigenvalue weighted by Gasteiger charge is 2.35. The first-order valence-electron chi connectivity index (χ1n) is 7.52. The first kappa shape index (κ1) is 15.2. The van der Waals surface area contributed by atoms with Gasteiger partial charge in [-0.3, -0.25) is 0 Å². The molecular formula is C17H27NO2. The smallest absolute Gasteiger partial charge is 0.164 e. The average Bonchev–Trinajstić information content (AvgIpc) is 2.49. The van der Waals surface area contributed by atoms with Crippen molar-refractivity contribution in [2.45, 2.75) is 51.4 Å². The minimum absolute atomic E-state index is 0.118. The molecule has 0 atom stereocenters. The van der Waals surface area contributed by atoms with Gasteiger partial charge in [-0.15, -0.1) is 0 Å². The van der Waals surface area contributed by atoms with Gasteiger partial charge in [-0.25, -0.2) is 0 Å². The molecule has 2 N–H and O–H groups in total. The fraction of sp³-hybridized carbons (Fsp3) is 0.647. The molecule has 3 nitrogen and oxygen atoms in total. The first-order chi connectivity index (χ1) is 9.59. The molecular weight excluding hydrogens is 250 g/mol. The summed E-state index contributed by atoms with van der Waals surface area (Å²) in [7, 11) is 3.41. The fourth-order valence-corrected chi connectivity index (χ4v) is 3.72. The van der Waals surface area contributed by atoms with Crippen LogP contribution in [0.25, 0.3) is 0 Å². The van der Waals surface area contributed by atoms with Gasteiger partial charge in [-0.2, -0.15) is 0 Å². The van der Waals surface area contributed by atoms with Crippen LogP contribution in [0.15, 0.2) is 6.07 Å². The molecule has 1 saturated carbocycles. The molecule has 0 radical (unpaired) electrons. The highest BCUT2D eigenvalue weighted by Crippen LogP contribution is 2.45. The van der Waals surface area contributed by atoms with Gasteiger partial charge < -0.3 is 15.2 Å². The van der Waals surface area contributed by atoms with Gasteiger partial charge in [0.1, 0.15) is 0 Å². The van der Waals surface area contributed by atoms with Gasteiger partial charge >= 0.3 is 0 Å². The van der Waals surface area contributed by atoms with E-state index < -0.39 is 0 Å². The molecule has 0 aromatic heterocycles. The van der Waals surface area contributed by atoms with Crippen LogP contribution in [0.5, 0.6) is 11.5 Å². The van der Waals surface area contributed by atoms with E-state index in [2.05, 4.69) is 19.9 Å². The number of hydrogen-bond donors (Lipinski definition) is 1. The standard InChI is InChI=1S/C17H27NO2/c1-12-10-14(13(2)16(20-4)15(12)19-3)17(11-18)8-6-5-7-9-17/h10H,5-9,11,18H2,1-4H3. The van der Waals surface area contributed by atoms with Gasteiger partial charge in [0.2, 0.25) is 0 Å². The lowest BCUT2D eigenvalue weighted by Gasteiger charge is -2.38. The molecule has 20 heavy (non-hydrogen) atoms. The van der Waals surface area contributed by atoms with Crippen molar-refractivity contribution in [1.82, 2.24) is 0 Å². The van der Waals surface area contributed by atoms with Crippen molar-refractivity contribution in [3.63, 3.8) is 0 Å². The van der Waals surface area contributed by atoms with E-state index in [9.17, 15) is 0 Å². The van der Waals surface area contributed by atoms with Crippen LogP contribution in [0.1, 0.15) is 48.8 Å². The van der Waals surface area contributed by atoms with Crippen LogP contribution in [0, 0.1) is 13.8 Å². The van der Waals surface area contributed by atoms with Crippen molar-refractivity contribution in [2.24, 2.45) is 5.73 Å². The molecule has 112 valence electrons.